The fraction of sp³-hybridized carbons (Fsp3) is 0.350. The molecule has 0 atom stereocenters. The quantitative estimate of drug-likeness (QED) is 0.700. The smallest absolute Gasteiger partial charge is 0.338 e. The molecule has 0 aliphatic carbocycles. The van der Waals surface area contributed by atoms with Gasteiger partial charge in [0.05, 0.1) is 12.2 Å². The lowest BCUT2D eigenvalue weighted by molar-refractivity contribution is 0.0526. The number of aromatic nitrogens is 1. The maximum atomic E-state index is 12.4. The van der Waals surface area contributed by atoms with E-state index in [0.29, 0.717) is 35.2 Å². The number of ether oxygens (including phenoxy) is 1. The van der Waals surface area contributed by atoms with Crippen LogP contribution in [-0.2, 0) is 4.74 Å². The zero-order chi connectivity index (χ0) is 18.9. The van der Waals surface area contributed by atoms with Crippen molar-refractivity contribution in [1.82, 2.24) is 4.98 Å². The van der Waals surface area contributed by atoms with E-state index in [0.717, 1.165) is 13.0 Å². The van der Waals surface area contributed by atoms with Gasteiger partial charge in [0.1, 0.15) is 5.82 Å². The lowest BCUT2D eigenvalue weighted by Gasteiger charge is -2.10. The van der Waals surface area contributed by atoms with E-state index in [-0.39, 0.29) is 11.9 Å². The zero-order valence-electron chi connectivity index (χ0n) is 15.4. The van der Waals surface area contributed by atoms with E-state index < -0.39 is 0 Å². The average Bonchev–Trinajstić information content (AvgIpc) is 2.62. The third-order valence-corrected chi connectivity index (χ3v) is 3.70. The van der Waals surface area contributed by atoms with Crippen molar-refractivity contribution in [2.24, 2.45) is 5.92 Å². The number of amides is 1. The summed E-state index contributed by atoms with van der Waals surface area (Å²) in [7, 11) is 0. The van der Waals surface area contributed by atoms with E-state index in [2.05, 4.69) is 29.5 Å². The molecular weight excluding hydrogens is 330 g/mol. The van der Waals surface area contributed by atoms with Gasteiger partial charge in [0.25, 0.3) is 5.91 Å². The minimum atomic E-state index is -0.378. The van der Waals surface area contributed by atoms with E-state index >= 15 is 0 Å². The van der Waals surface area contributed by atoms with Gasteiger partial charge < -0.3 is 15.4 Å². The maximum absolute atomic E-state index is 12.4. The number of benzene rings is 1. The summed E-state index contributed by atoms with van der Waals surface area (Å²) in [6.07, 6.45) is 2.64. The van der Waals surface area contributed by atoms with Crippen LogP contribution in [-0.4, -0.2) is 30.0 Å². The monoisotopic (exact) mass is 355 g/mol. The van der Waals surface area contributed by atoms with Crippen LogP contribution in [0.3, 0.4) is 0 Å². The molecule has 1 amide bonds. The topological polar surface area (TPSA) is 80.3 Å². The van der Waals surface area contributed by atoms with Gasteiger partial charge in [0, 0.05) is 24.0 Å². The van der Waals surface area contributed by atoms with Gasteiger partial charge in [-0.05, 0) is 55.7 Å². The number of rotatable bonds is 8. The van der Waals surface area contributed by atoms with Gasteiger partial charge in [-0.25, -0.2) is 9.78 Å². The number of nitrogens with one attached hydrogen (secondary N) is 2. The molecule has 0 radical (unpaired) electrons. The van der Waals surface area contributed by atoms with Crippen molar-refractivity contribution < 1.29 is 14.3 Å². The van der Waals surface area contributed by atoms with Crippen LogP contribution in [0.15, 0.2) is 42.6 Å². The molecular formula is C20H25N3O3. The molecule has 0 bridgehead atoms. The van der Waals surface area contributed by atoms with E-state index in [9.17, 15) is 9.59 Å². The summed E-state index contributed by atoms with van der Waals surface area (Å²) in [6.45, 7) is 7.21. The summed E-state index contributed by atoms with van der Waals surface area (Å²) in [5.41, 5.74) is 1.57. The summed E-state index contributed by atoms with van der Waals surface area (Å²) in [5, 5.41) is 6.04. The Hall–Kier alpha value is -2.89. The van der Waals surface area contributed by atoms with Gasteiger partial charge in [-0.15, -0.1) is 0 Å². The number of anilines is 2. The van der Waals surface area contributed by atoms with Crippen LogP contribution >= 0.6 is 0 Å². The highest BCUT2D eigenvalue weighted by atomic mass is 16.5. The van der Waals surface area contributed by atoms with Crippen LogP contribution in [0.5, 0.6) is 0 Å². The summed E-state index contributed by atoms with van der Waals surface area (Å²) in [4.78, 5) is 28.3. The number of nitrogens with zero attached hydrogens (tertiary/aromatic N) is 1. The van der Waals surface area contributed by atoms with Crippen molar-refractivity contribution in [3.8, 4) is 0 Å². The fourth-order valence-corrected chi connectivity index (χ4v) is 2.26. The second kappa shape index (κ2) is 9.56. The van der Waals surface area contributed by atoms with Gasteiger partial charge in [0.2, 0.25) is 0 Å². The predicted octanol–water partition coefficient (Wildman–Crippen LogP) is 3.97. The highest BCUT2D eigenvalue weighted by molar-refractivity contribution is 6.04. The van der Waals surface area contributed by atoms with Gasteiger partial charge in [-0.1, -0.05) is 13.8 Å². The van der Waals surface area contributed by atoms with Gasteiger partial charge >= 0.3 is 5.97 Å². The van der Waals surface area contributed by atoms with E-state index in [1.54, 1.807) is 49.5 Å². The second-order valence-electron chi connectivity index (χ2n) is 6.29. The first kappa shape index (κ1) is 19.4. The minimum Gasteiger partial charge on any atom is -0.462 e. The summed E-state index contributed by atoms with van der Waals surface area (Å²) in [6, 6.07) is 9.98. The van der Waals surface area contributed by atoms with Crippen LogP contribution in [0.25, 0.3) is 0 Å². The molecule has 138 valence electrons. The number of esters is 1. The number of hydrogen-bond donors (Lipinski definition) is 2. The Kier molecular flexibility index (Phi) is 7.14. The average molecular weight is 355 g/mol. The first-order chi connectivity index (χ1) is 12.5. The lowest BCUT2D eigenvalue weighted by atomic mass is 10.1. The molecule has 0 aliphatic heterocycles. The molecule has 1 heterocycles. The van der Waals surface area contributed by atoms with Crippen LogP contribution in [0.1, 0.15) is 47.9 Å². The van der Waals surface area contributed by atoms with Gasteiger partial charge in [-0.2, -0.15) is 0 Å². The van der Waals surface area contributed by atoms with Crippen LogP contribution < -0.4 is 10.6 Å². The molecule has 2 N–H and O–H groups in total. The van der Waals surface area contributed by atoms with Gasteiger partial charge in [0.15, 0.2) is 0 Å². The molecule has 0 saturated carbocycles. The highest BCUT2D eigenvalue weighted by Crippen LogP contribution is 2.14. The van der Waals surface area contributed by atoms with Crippen molar-refractivity contribution in [3.63, 3.8) is 0 Å². The van der Waals surface area contributed by atoms with E-state index in [4.69, 9.17) is 4.74 Å². The first-order valence-electron chi connectivity index (χ1n) is 8.78. The normalized spacial score (nSPS) is 10.5. The van der Waals surface area contributed by atoms with Gasteiger partial charge in [-0.3, -0.25) is 4.79 Å². The molecule has 1 aromatic heterocycles. The molecule has 0 spiro atoms. The largest absolute Gasteiger partial charge is 0.462 e. The SMILES string of the molecule is CCOC(=O)c1ccc(NC(=O)c2ccnc(NCCC(C)C)c2)cc1. The second-order valence-corrected chi connectivity index (χ2v) is 6.29. The molecule has 0 saturated heterocycles. The number of carbonyl (C=O) groups is 2. The van der Waals surface area contributed by atoms with Crippen molar-refractivity contribution in [3.05, 3.63) is 53.7 Å². The molecule has 0 aliphatic rings. The molecule has 26 heavy (non-hydrogen) atoms. The standard InChI is InChI=1S/C20H25N3O3/c1-4-26-20(25)15-5-7-17(8-6-15)23-19(24)16-10-12-22-18(13-16)21-11-9-14(2)3/h5-8,10,12-14H,4,9,11H2,1-3H3,(H,21,22)(H,23,24). The summed E-state index contributed by atoms with van der Waals surface area (Å²) in [5.74, 6) is 0.669. The molecule has 0 fully saturated rings. The minimum absolute atomic E-state index is 0.233. The lowest BCUT2D eigenvalue weighted by Crippen LogP contribution is -2.13. The predicted molar refractivity (Wildman–Crippen MR) is 103 cm³/mol. The Morgan fingerprint density at radius 3 is 2.50 bits per heavy atom. The van der Waals surface area contributed by atoms with E-state index in [1.165, 1.54) is 0 Å². The number of pyridine rings is 1. The fourth-order valence-electron chi connectivity index (χ4n) is 2.26. The van der Waals surface area contributed by atoms with Crippen molar-refractivity contribution in [1.29, 1.82) is 0 Å². The Morgan fingerprint density at radius 1 is 1.12 bits per heavy atom. The van der Waals surface area contributed by atoms with Crippen LogP contribution in [0.4, 0.5) is 11.5 Å². The summed E-state index contributed by atoms with van der Waals surface area (Å²) >= 11 is 0. The zero-order valence-corrected chi connectivity index (χ0v) is 15.4. The number of hydrogen-bond acceptors (Lipinski definition) is 5. The van der Waals surface area contributed by atoms with Crippen molar-refractivity contribution in [2.75, 3.05) is 23.8 Å². The third kappa shape index (κ3) is 5.88. The van der Waals surface area contributed by atoms with Crippen LogP contribution in [0.2, 0.25) is 0 Å². The maximum Gasteiger partial charge on any atom is 0.338 e. The molecule has 6 heteroatoms. The molecule has 2 rings (SSSR count). The Labute approximate surface area is 154 Å². The first-order valence-corrected chi connectivity index (χ1v) is 8.78. The number of carbonyl (C=O) groups excluding carboxylic acids is 2. The Bertz CT molecular complexity index is 742. The van der Waals surface area contributed by atoms with Crippen LogP contribution in [0, 0.1) is 5.92 Å². The van der Waals surface area contributed by atoms with E-state index in [1.807, 2.05) is 0 Å². The molecule has 1 aromatic carbocycles. The Balaban J connectivity index is 1.97. The molecule has 0 unspecified atom stereocenters. The highest BCUT2D eigenvalue weighted by Gasteiger charge is 2.09. The van der Waals surface area contributed by atoms with Crippen molar-refractivity contribution >= 4 is 23.4 Å². The van der Waals surface area contributed by atoms with Crippen molar-refractivity contribution in [2.45, 2.75) is 27.2 Å². The molecule has 6 nitrogen and oxygen atoms in total. The summed E-state index contributed by atoms with van der Waals surface area (Å²) < 4.78 is 4.94. The third-order valence-electron chi connectivity index (χ3n) is 3.70. The Morgan fingerprint density at radius 2 is 1.85 bits per heavy atom. The molecule has 2 aromatic rings.